The zero-order chi connectivity index (χ0) is 17.6. The van der Waals surface area contributed by atoms with E-state index in [1.54, 1.807) is 11.9 Å². The lowest BCUT2D eigenvalue weighted by Gasteiger charge is -2.35. The lowest BCUT2D eigenvalue weighted by Crippen LogP contribution is -2.35. The second kappa shape index (κ2) is 8.54. The number of benzene rings is 2. The summed E-state index contributed by atoms with van der Waals surface area (Å²) in [4.78, 5) is 15.5. The van der Waals surface area contributed by atoms with Gasteiger partial charge in [0.25, 0.3) is 5.91 Å². The Morgan fingerprint density at radius 3 is 2.44 bits per heavy atom. The Bertz CT molecular complexity index is 700. The Kier molecular flexibility index (Phi) is 6.16. The van der Waals surface area contributed by atoms with E-state index in [2.05, 4.69) is 49.1 Å². The first kappa shape index (κ1) is 18.0. The second-order valence-electron chi connectivity index (χ2n) is 6.30. The monoisotopic (exact) mass is 354 g/mol. The van der Waals surface area contributed by atoms with Gasteiger partial charge in [0.15, 0.2) is 0 Å². The van der Waals surface area contributed by atoms with Crippen molar-refractivity contribution in [2.45, 2.75) is 32.1 Å². The molecule has 3 nitrogen and oxygen atoms in total. The van der Waals surface area contributed by atoms with Crippen molar-refractivity contribution in [3.8, 4) is 0 Å². The number of fused-ring (bicyclic) bond motifs is 1. The molecule has 0 aliphatic carbocycles. The maximum Gasteiger partial charge on any atom is 0.264 e. The van der Waals surface area contributed by atoms with Crippen LogP contribution in [0, 0.1) is 0 Å². The van der Waals surface area contributed by atoms with Crippen LogP contribution in [0.3, 0.4) is 0 Å². The zero-order valence-corrected chi connectivity index (χ0v) is 15.8. The first-order valence-electron chi connectivity index (χ1n) is 9.06. The smallest absolute Gasteiger partial charge is 0.264 e. The molecule has 0 radical (unpaired) electrons. The fraction of sp³-hybridized carbons (Fsp3) is 0.381. The van der Waals surface area contributed by atoms with Gasteiger partial charge in [-0.05, 0) is 48.7 Å². The highest BCUT2D eigenvalue weighted by Gasteiger charge is 2.31. The lowest BCUT2D eigenvalue weighted by atomic mass is 10.0. The fourth-order valence-electron chi connectivity index (χ4n) is 3.34. The van der Waals surface area contributed by atoms with Gasteiger partial charge in [-0.3, -0.25) is 9.10 Å². The van der Waals surface area contributed by atoms with Gasteiger partial charge in [0.2, 0.25) is 0 Å². The molecule has 2 aromatic rings. The van der Waals surface area contributed by atoms with E-state index in [0.717, 1.165) is 42.9 Å². The first-order chi connectivity index (χ1) is 12.2. The Hall–Kier alpha value is -1.78. The van der Waals surface area contributed by atoms with E-state index in [1.807, 2.05) is 28.6 Å². The van der Waals surface area contributed by atoms with Crippen LogP contribution in [0.5, 0.6) is 0 Å². The minimum atomic E-state index is 0.104. The van der Waals surface area contributed by atoms with Crippen molar-refractivity contribution in [2.75, 3.05) is 19.6 Å². The molecule has 0 fully saturated rings. The second-order valence-corrected chi connectivity index (χ2v) is 7.24. The summed E-state index contributed by atoms with van der Waals surface area (Å²) in [5.74, 6) is 0.997. The molecule has 0 aromatic heterocycles. The quantitative estimate of drug-likeness (QED) is 0.670. The molecule has 1 unspecified atom stereocenters. The lowest BCUT2D eigenvalue weighted by molar-refractivity contribution is 0.0817. The van der Waals surface area contributed by atoms with Crippen LogP contribution < -0.4 is 0 Å². The summed E-state index contributed by atoms with van der Waals surface area (Å²) in [5, 5.41) is 0. The van der Waals surface area contributed by atoms with Gasteiger partial charge in [-0.25, -0.2) is 0 Å². The first-order valence-corrected chi connectivity index (χ1v) is 10.0. The van der Waals surface area contributed by atoms with Gasteiger partial charge >= 0.3 is 0 Å². The maximum absolute atomic E-state index is 13.1. The summed E-state index contributed by atoms with van der Waals surface area (Å²) in [5.41, 5.74) is 3.21. The molecule has 0 bridgehead atoms. The highest BCUT2D eigenvalue weighted by Crippen LogP contribution is 2.38. The van der Waals surface area contributed by atoms with Crippen molar-refractivity contribution in [2.24, 2.45) is 0 Å². The van der Waals surface area contributed by atoms with E-state index in [1.165, 1.54) is 5.56 Å². The molecule has 1 atom stereocenters. The summed E-state index contributed by atoms with van der Waals surface area (Å²) in [6.07, 6.45) is 0.951. The van der Waals surface area contributed by atoms with E-state index in [-0.39, 0.29) is 11.9 Å². The summed E-state index contributed by atoms with van der Waals surface area (Å²) >= 11 is 1.65. The Morgan fingerprint density at radius 2 is 1.72 bits per heavy atom. The average molecular weight is 355 g/mol. The van der Waals surface area contributed by atoms with Crippen LogP contribution >= 0.6 is 11.9 Å². The number of hydrogen-bond donors (Lipinski definition) is 0. The molecule has 132 valence electrons. The maximum atomic E-state index is 13.1. The highest BCUT2D eigenvalue weighted by molar-refractivity contribution is 7.96. The van der Waals surface area contributed by atoms with Crippen molar-refractivity contribution in [3.05, 3.63) is 71.3 Å². The average Bonchev–Trinajstić information content (AvgIpc) is 2.67. The van der Waals surface area contributed by atoms with Gasteiger partial charge in [-0.1, -0.05) is 62.4 Å². The van der Waals surface area contributed by atoms with E-state index >= 15 is 0 Å². The molecular weight excluding hydrogens is 328 g/mol. The molecule has 1 amide bonds. The molecule has 0 spiro atoms. The molecule has 0 saturated carbocycles. The summed E-state index contributed by atoms with van der Waals surface area (Å²) in [6, 6.07) is 18.5. The third-order valence-electron chi connectivity index (χ3n) is 4.89. The van der Waals surface area contributed by atoms with Crippen molar-refractivity contribution < 1.29 is 4.79 Å². The Labute approximate surface area is 155 Å². The molecule has 0 saturated heterocycles. The summed E-state index contributed by atoms with van der Waals surface area (Å²) in [6.45, 7) is 7.47. The van der Waals surface area contributed by atoms with Crippen LogP contribution in [0.25, 0.3) is 0 Å². The van der Waals surface area contributed by atoms with Gasteiger partial charge in [-0.2, -0.15) is 0 Å². The van der Waals surface area contributed by atoms with Gasteiger partial charge in [-0.15, -0.1) is 0 Å². The molecule has 4 heteroatoms. The number of carbonyl (C=O) groups excluding carboxylic acids is 1. The molecule has 0 N–H and O–H groups in total. The van der Waals surface area contributed by atoms with Crippen LogP contribution in [-0.2, 0) is 5.75 Å². The Morgan fingerprint density at radius 1 is 1.04 bits per heavy atom. The van der Waals surface area contributed by atoms with Crippen molar-refractivity contribution in [3.63, 3.8) is 0 Å². The number of nitrogens with zero attached hydrogens (tertiary/aromatic N) is 2. The van der Waals surface area contributed by atoms with Crippen LogP contribution in [-0.4, -0.2) is 34.7 Å². The van der Waals surface area contributed by atoms with Crippen LogP contribution in [0.2, 0.25) is 0 Å². The number of hydrogen-bond acceptors (Lipinski definition) is 3. The minimum Gasteiger partial charge on any atom is -0.304 e. The standard InChI is InChI=1S/C21H26N2OS/c1-3-22(4-2)15-14-20(17-10-6-5-7-11-17)23-21(24)19-13-9-8-12-18(19)16-25-23/h5-13,20H,3-4,14-16H2,1-2H3. The molecule has 1 aliphatic rings. The van der Waals surface area contributed by atoms with Gasteiger partial charge in [0.1, 0.15) is 0 Å². The summed E-state index contributed by atoms with van der Waals surface area (Å²) < 4.78 is 2.00. The molecule has 25 heavy (non-hydrogen) atoms. The van der Waals surface area contributed by atoms with Crippen molar-refractivity contribution in [1.82, 2.24) is 9.21 Å². The fourth-order valence-corrected chi connectivity index (χ4v) is 4.49. The predicted octanol–water partition coefficient (Wildman–Crippen LogP) is 4.76. The molecular formula is C21H26N2OS. The van der Waals surface area contributed by atoms with Crippen LogP contribution in [0.4, 0.5) is 0 Å². The molecule has 1 heterocycles. The van der Waals surface area contributed by atoms with E-state index < -0.39 is 0 Å². The summed E-state index contributed by atoms with van der Waals surface area (Å²) in [7, 11) is 0. The number of amides is 1. The van der Waals surface area contributed by atoms with Crippen LogP contribution in [0.15, 0.2) is 54.6 Å². The largest absolute Gasteiger partial charge is 0.304 e. The van der Waals surface area contributed by atoms with E-state index in [9.17, 15) is 4.79 Å². The van der Waals surface area contributed by atoms with Gasteiger partial charge in [0, 0.05) is 17.9 Å². The number of rotatable bonds is 7. The van der Waals surface area contributed by atoms with Gasteiger partial charge < -0.3 is 4.90 Å². The Balaban J connectivity index is 1.86. The predicted molar refractivity (Wildman–Crippen MR) is 105 cm³/mol. The highest BCUT2D eigenvalue weighted by atomic mass is 32.2. The van der Waals surface area contributed by atoms with Crippen LogP contribution in [0.1, 0.15) is 47.8 Å². The minimum absolute atomic E-state index is 0.104. The molecule has 2 aromatic carbocycles. The van der Waals surface area contributed by atoms with Gasteiger partial charge in [0.05, 0.1) is 6.04 Å². The van der Waals surface area contributed by atoms with Crippen molar-refractivity contribution >= 4 is 17.9 Å². The third kappa shape index (κ3) is 4.07. The van der Waals surface area contributed by atoms with E-state index in [0.29, 0.717) is 0 Å². The normalized spacial score (nSPS) is 15.3. The van der Waals surface area contributed by atoms with Crippen molar-refractivity contribution in [1.29, 1.82) is 0 Å². The zero-order valence-electron chi connectivity index (χ0n) is 15.0. The SMILES string of the molecule is CCN(CC)CCC(c1ccccc1)N1SCc2ccccc2C1=O. The molecule has 1 aliphatic heterocycles. The third-order valence-corrected chi connectivity index (χ3v) is 6.03. The molecule has 3 rings (SSSR count). The number of carbonyl (C=O) groups is 1. The van der Waals surface area contributed by atoms with E-state index in [4.69, 9.17) is 0 Å². The topological polar surface area (TPSA) is 23.6 Å².